The minimum Gasteiger partial charge on any atom is -0.301 e. The lowest BCUT2D eigenvalue weighted by atomic mass is 10.0. The van der Waals surface area contributed by atoms with Crippen LogP contribution in [0.1, 0.15) is 42.0 Å². The maximum Gasteiger partial charge on any atom is 0.233 e. The van der Waals surface area contributed by atoms with Gasteiger partial charge in [-0.15, -0.1) is 11.3 Å². The quantitative estimate of drug-likeness (QED) is 0.880. The van der Waals surface area contributed by atoms with Crippen LogP contribution < -0.4 is 5.32 Å². The van der Waals surface area contributed by atoms with Gasteiger partial charge in [0.05, 0.1) is 5.92 Å². The number of thiazole rings is 1. The second kappa shape index (κ2) is 5.66. The van der Waals surface area contributed by atoms with Gasteiger partial charge in [0.15, 0.2) is 5.13 Å². The van der Waals surface area contributed by atoms with Crippen molar-refractivity contribution in [2.75, 3.05) is 5.32 Å². The number of rotatable bonds is 4. The first kappa shape index (κ1) is 13.8. The highest BCUT2D eigenvalue weighted by Crippen LogP contribution is 2.43. The summed E-state index contributed by atoms with van der Waals surface area (Å²) in [5.41, 5.74) is 0.996. The maximum absolute atomic E-state index is 12.3. The van der Waals surface area contributed by atoms with Crippen LogP contribution in [0, 0.1) is 0 Å². The number of halogens is 1. The average molecular weight is 351 g/mol. The Morgan fingerprint density at radius 2 is 2.30 bits per heavy atom. The van der Waals surface area contributed by atoms with Gasteiger partial charge >= 0.3 is 0 Å². The number of benzene rings is 1. The molecule has 1 N–H and O–H groups in total. The minimum atomic E-state index is -0.194. The van der Waals surface area contributed by atoms with Crippen molar-refractivity contribution in [2.24, 2.45) is 0 Å². The molecule has 3 nitrogen and oxygen atoms in total. The van der Waals surface area contributed by atoms with Crippen molar-refractivity contribution in [3.63, 3.8) is 0 Å². The Kier molecular flexibility index (Phi) is 3.89. The van der Waals surface area contributed by atoms with Crippen LogP contribution in [0.2, 0.25) is 0 Å². The van der Waals surface area contributed by atoms with Crippen molar-refractivity contribution < 1.29 is 4.79 Å². The summed E-state index contributed by atoms with van der Waals surface area (Å²) in [6.07, 6.45) is 4.40. The summed E-state index contributed by atoms with van der Waals surface area (Å²) < 4.78 is 0.986. The average Bonchev–Trinajstić information content (AvgIpc) is 3.19. The molecule has 1 heterocycles. The third kappa shape index (κ3) is 3.10. The molecule has 0 radical (unpaired) electrons. The van der Waals surface area contributed by atoms with Gasteiger partial charge in [-0.2, -0.15) is 0 Å². The Morgan fingerprint density at radius 1 is 1.50 bits per heavy atom. The van der Waals surface area contributed by atoms with E-state index >= 15 is 0 Å². The van der Waals surface area contributed by atoms with Crippen LogP contribution in [0.4, 0.5) is 5.13 Å². The monoisotopic (exact) mass is 350 g/mol. The number of nitrogens with one attached hydrogen (secondary N) is 1. The number of carbonyl (C=O) groups is 1. The molecule has 0 spiro atoms. The summed E-state index contributed by atoms with van der Waals surface area (Å²) in [5.74, 6) is 0.473. The topological polar surface area (TPSA) is 42.0 Å². The fourth-order valence-electron chi connectivity index (χ4n) is 2.04. The van der Waals surface area contributed by atoms with Crippen molar-refractivity contribution in [3.8, 4) is 0 Å². The van der Waals surface area contributed by atoms with E-state index in [1.165, 1.54) is 17.7 Å². The normalized spacial score (nSPS) is 15.9. The van der Waals surface area contributed by atoms with Crippen LogP contribution in [0.3, 0.4) is 0 Å². The van der Waals surface area contributed by atoms with E-state index in [2.05, 4.69) is 26.2 Å². The molecule has 104 valence electrons. The zero-order valence-electron chi connectivity index (χ0n) is 11.1. The Hall–Kier alpha value is -1.20. The van der Waals surface area contributed by atoms with Crippen LogP contribution in [-0.2, 0) is 4.79 Å². The molecule has 1 aromatic carbocycles. The standard InChI is InChI=1S/C15H15BrN2OS/c1-9(11-3-2-4-12(16)7-11)14(19)18-15-17-8-13(20-15)10-5-6-10/h2-4,7-10H,5-6H2,1H3,(H,17,18,19)/t9-/m0/s1. The zero-order chi connectivity index (χ0) is 14.1. The summed E-state index contributed by atoms with van der Waals surface area (Å²) >= 11 is 5.03. The number of nitrogens with zero attached hydrogens (tertiary/aromatic N) is 1. The molecule has 0 unspecified atom stereocenters. The van der Waals surface area contributed by atoms with Crippen molar-refractivity contribution in [1.82, 2.24) is 4.98 Å². The molecule has 2 aromatic rings. The number of carbonyl (C=O) groups excluding carboxylic acids is 1. The van der Waals surface area contributed by atoms with Gasteiger partial charge in [0.25, 0.3) is 0 Å². The molecule has 5 heteroatoms. The number of hydrogen-bond donors (Lipinski definition) is 1. The first-order chi connectivity index (χ1) is 9.63. The highest BCUT2D eigenvalue weighted by Gasteiger charge is 2.26. The number of anilines is 1. The number of amides is 1. The molecular weight excluding hydrogens is 336 g/mol. The molecule has 1 aliphatic rings. The Labute approximate surface area is 130 Å². The highest BCUT2D eigenvalue weighted by atomic mass is 79.9. The summed E-state index contributed by atoms with van der Waals surface area (Å²) in [7, 11) is 0. The fraction of sp³-hybridized carbons (Fsp3) is 0.333. The van der Waals surface area contributed by atoms with E-state index in [0.717, 1.165) is 10.0 Å². The summed E-state index contributed by atoms with van der Waals surface area (Å²) in [4.78, 5) is 17.8. The minimum absolute atomic E-state index is 0.0141. The fourth-order valence-corrected chi connectivity index (χ4v) is 3.45. The molecule has 20 heavy (non-hydrogen) atoms. The van der Waals surface area contributed by atoms with Crippen LogP contribution >= 0.6 is 27.3 Å². The van der Waals surface area contributed by atoms with Gasteiger partial charge in [0.2, 0.25) is 5.91 Å². The first-order valence-electron chi connectivity index (χ1n) is 6.65. The predicted molar refractivity (Wildman–Crippen MR) is 85.3 cm³/mol. The highest BCUT2D eigenvalue weighted by molar-refractivity contribution is 9.10. The summed E-state index contributed by atoms with van der Waals surface area (Å²) in [6, 6.07) is 7.84. The van der Waals surface area contributed by atoms with Crippen molar-refractivity contribution in [2.45, 2.75) is 31.6 Å². The van der Waals surface area contributed by atoms with E-state index < -0.39 is 0 Å². The van der Waals surface area contributed by atoms with Gasteiger partial charge in [-0.25, -0.2) is 4.98 Å². The lowest BCUT2D eigenvalue weighted by Crippen LogP contribution is -2.18. The predicted octanol–water partition coefficient (Wildman–Crippen LogP) is 4.53. The van der Waals surface area contributed by atoms with Gasteiger partial charge in [0.1, 0.15) is 0 Å². The molecule has 0 aliphatic heterocycles. The molecule has 1 aromatic heterocycles. The second-order valence-corrected chi connectivity index (χ2v) is 7.09. The third-order valence-electron chi connectivity index (χ3n) is 3.48. The van der Waals surface area contributed by atoms with Crippen molar-refractivity contribution in [1.29, 1.82) is 0 Å². The van der Waals surface area contributed by atoms with Crippen LogP contribution in [0.5, 0.6) is 0 Å². The molecule has 0 saturated heterocycles. The molecule has 0 bridgehead atoms. The SMILES string of the molecule is C[C@H](C(=O)Nc1ncc(C2CC2)s1)c1cccc(Br)c1. The van der Waals surface area contributed by atoms with E-state index in [1.807, 2.05) is 37.4 Å². The molecule has 1 atom stereocenters. The van der Waals surface area contributed by atoms with Crippen LogP contribution in [-0.4, -0.2) is 10.9 Å². The second-order valence-electron chi connectivity index (χ2n) is 5.11. The molecule has 1 fully saturated rings. The van der Waals surface area contributed by atoms with E-state index in [0.29, 0.717) is 11.0 Å². The van der Waals surface area contributed by atoms with Crippen LogP contribution in [0.25, 0.3) is 0 Å². The lowest BCUT2D eigenvalue weighted by molar-refractivity contribution is -0.117. The Balaban J connectivity index is 1.68. The van der Waals surface area contributed by atoms with E-state index in [4.69, 9.17) is 0 Å². The van der Waals surface area contributed by atoms with Crippen molar-refractivity contribution >= 4 is 38.3 Å². The molecule has 3 rings (SSSR count). The van der Waals surface area contributed by atoms with Gasteiger partial charge in [-0.05, 0) is 43.4 Å². The molecule has 1 amide bonds. The van der Waals surface area contributed by atoms with E-state index in [9.17, 15) is 4.79 Å². The summed E-state index contributed by atoms with van der Waals surface area (Å²) in [6.45, 7) is 1.91. The molecular formula is C15H15BrN2OS. The van der Waals surface area contributed by atoms with Gasteiger partial charge in [-0.1, -0.05) is 28.1 Å². The zero-order valence-corrected chi connectivity index (χ0v) is 13.5. The summed E-state index contributed by atoms with van der Waals surface area (Å²) in [5, 5.41) is 3.62. The number of hydrogen-bond acceptors (Lipinski definition) is 3. The Morgan fingerprint density at radius 3 is 3.00 bits per heavy atom. The van der Waals surface area contributed by atoms with E-state index in [-0.39, 0.29) is 11.8 Å². The van der Waals surface area contributed by atoms with Crippen molar-refractivity contribution in [3.05, 3.63) is 45.4 Å². The van der Waals surface area contributed by atoms with Gasteiger partial charge in [-0.3, -0.25) is 4.79 Å². The van der Waals surface area contributed by atoms with Gasteiger partial charge < -0.3 is 5.32 Å². The smallest absolute Gasteiger partial charge is 0.233 e. The lowest BCUT2D eigenvalue weighted by Gasteiger charge is -2.11. The van der Waals surface area contributed by atoms with Crippen LogP contribution in [0.15, 0.2) is 34.9 Å². The first-order valence-corrected chi connectivity index (χ1v) is 8.26. The molecule has 1 aliphatic carbocycles. The third-order valence-corrected chi connectivity index (χ3v) is 5.04. The number of aromatic nitrogens is 1. The maximum atomic E-state index is 12.3. The molecule has 1 saturated carbocycles. The Bertz CT molecular complexity index is 636. The largest absolute Gasteiger partial charge is 0.301 e. The van der Waals surface area contributed by atoms with Gasteiger partial charge in [0, 0.05) is 15.5 Å². The van der Waals surface area contributed by atoms with E-state index in [1.54, 1.807) is 11.3 Å².